The fourth-order valence-electron chi connectivity index (χ4n) is 2.50. The highest BCUT2D eigenvalue weighted by Gasteiger charge is 2.00. The van der Waals surface area contributed by atoms with E-state index in [0.29, 0.717) is 0 Å². The van der Waals surface area contributed by atoms with Gasteiger partial charge in [0.25, 0.3) is 0 Å². The molecule has 2 rings (SSSR count). The standard InChI is InChI=1S/C20H27NOS/c21-19(16-23)9-5-2-6-14-22-20-12-10-18(11-13-20)15-17-7-3-1-4-8-17/h1,3-4,7-8,10-13,19,23H,2,5-6,9,14-16,21H2/t19-/m1/s1. The van der Waals surface area contributed by atoms with E-state index in [1.807, 2.05) is 6.07 Å². The van der Waals surface area contributed by atoms with Crippen molar-refractivity contribution in [2.24, 2.45) is 5.73 Å². The number of ether oxygens (including phenoxy) is 1. The van der Waals surface area contributed by atoms with Crippen LogP contribution in [-0.4, -0.2) is 18.4 Å². The quantitative estimate of drug-likeness (QED) is 0.498. The maximum absolute atomic E-state index is 5.84. The van der Waals surface area contributed by atoms with Crippen LogP contribution >= 0.6 is 12.6 Å². The Morgan fingerprint density at radius 3 is 2.26 bits per heavy atom. The van der Waals surface area contributed by atoms with Gasteiger partial charge in [-0.1, -0.05) is 55.3 Å². The molecule has 0 heterocycles. The van der Waals surface area contributed by atoms with Gasteiger partial charge in [-0.05, 0) is 42.5 Å². The second-order valence-electron chi connectivity index (χ2n) is 5.95. The summed E-state index contributed by atoms with van der Waals surface area (Å²) < 4.78 is 5.80. The summed E-state index contributed by atoms with van der Waals surface area (Å²) in [7, 11) is 0. The zero-order valence-corrected chi connectivity index (χ0v) is 14.6. The van der Waals surface area contributed by atoms with Gasteiger partial charge in [0.15, 0.2) is 0 Å². The average molecular weight is 330 g/mol. The molecule has 0 aromatic heterocycles. The second-order valence-corrected chi connectivity index (χ2v) is 6.31. The Balaban J connectivity index is 1.65. The fourth-order valence-corrected chi connectivity index (χ4v) is 2.68. The largest absolute Gasteiger partial charge is 0.494 e. The molecule has 0 fully saturated rings. The Morgan fingerprint density at radius 2 is 1.57 bits per heavy atom. The van der Waals surface area contributed by atoms with Gasteiger partial charge in [-0.25, -0.2) is 0 Å². The Bertz CT molecular complexity index is 541. The predicted octanol–water partition coefficient (Wildman–Crippen LogP) is 4.47. The molecular formula is C20H27NOS. The molecule has 3 heteroatoms. The van der Waals surface area contributed by atoms with Crippen LogP contribution in [0.25, 0.3) is 0 Å². The number of thiol groups is 1. The van der Waals surface area contributed by atoms with Crippen molar-refractivity contribution in [1.29, 1.82) is 0 Å². The van der Waals surface area contributed by atoms with Crippen LogP contribution in [0.5, 0.6) is 5.75 Å². The molecule has 2 nitrogen and oxygen atoms in total. The molecule has 0 saturated heterocycles. The number of unbranched alkanes of at least 4 members (excludes halogenated alkanes) is 2. The minimum absolute atomic E-state index is 0.233. The van der Waals surface area contributed by atoms with E-state index in [1.54, 1.807) is 0 Å². The normalized spacial score (nSPS) is 12.1. The molecule has 0 saturated carbocycles. The summed E-state index contributed by atoms with van der Waals surface area (Å²) in [6.07, 6.45) is 5.41. The van der Waals surface area contributed by atoms with Crippen molar-refractivity contribution in [2.75, 3.05) is 12.4 Å². The summed E-state index contributed by atoms with van der Waals surface area (Å²) in [6, 6.07) is 19.2. The zero-order chi connectivity index (χ0) is 16.3. The highest BCUT2D eigenvalue weighted by Crippen LogP contribution is 2.16. The molecule has 2 aromatic rings. The van der Waals surface area contributed by atoms with E-state index >= 15 is 0 Å². The van der Waals surface area contributed by atoms with Gasteiger partial charge in [0.2, 0.25) is 0 Å². The van der Waals surface area contributed by atoms with Crippen molar-refractivity contribution in [3.8, 4) is 5.75 Å². The minimum atomic E-state index is 0.233. The fraction of sp³-hybridized carbons (Fsp3) is 0.400. The Labute approximate surface area is 145 Å². The van der Waals surface area contributed by atoms with Gasteiger partial charge in [-0.15, -0.1) is 0 Å². The Hall–Kier alpha value is -1.45. The Kier molecular flexibility index (Phi) is 8.05. The lowest BCUT2D eigenvalue weighted by atomic mass is 10.1. The summed E-state index contributed by atoms with van der Waals surface area (Å²) >= 11 is 4.20. The third kappa shape index (κ3) is 7.10. The molecule has 0 aliphatic carbocycles. The molecule has 0 aliphatic heterocycles. The van der Waals surface area contributed by atoms with Gasteiger partial charge in [0.1, 0.15) is 5.75 Å². The summed E-state index contributed by atoms with van der Waals surface area (Å²) in [5.74, 6) is 1.72. The van der Waals surface area contributed by atoms with Crippen LogP contribution in [-0.2, 0) is 6.42 Å². The van der Waals surface area contributed by atoms with E-state index in [0.717, 1.165) is 50.2 Å². The first-order chi connectivity index (χ1) is 11.3. The van der Waals surface area contributed by atoms with Crippen molar-refractivity contribution in [3.05, 3.63) is 65.7 Å². The maximum Gasteiger partial charge on any atom is 0.119 e. The molecule has 0 bridgehead atoms. The number of benzene rings is 2. The van der Waals surface area contributed by atoms with Crippen LogP contribution in [0.4, 0.5) is 0 Å². The monoisotopic (exact) mass is 329 g/mol. The molecule has 1 atom stereocenters. The van der Waals surface area contributed by atoms with Gasteiger partial charge in [-0.3, -0.25) is 0 Å². The smallest absolute Gasteiger partial charge is 0.119 e. The van der Waals surface area contributed by atoms with Gasteiger partial charge in [0.05, 0.1) is 6.61 Å². The van der Waals surface area contributed by atoms with Crippen LogP contribution in [0.3, 0.4) is 0 Å². The van der Waals surface area contributed by atoms with E-state index in [-0.39, 0.29) is 6.04 Å². The SMILES string of the molecule is N[C@@H](CS)CCCCCOc1ccc(Cc2ccccc2)cc1. The van der Waals surface area contributed by atoms with Crippen LogP contribution in [0, 0.1) is 0 Å². The van der Waals surface area contributed by atoms with Crippen LogP contribution in [0.2, 0.25) is 0 Å². The molecule has 0 spiro atoms. The summed E-state index contributed by atoms with van der Waals surface area (Å²) in [5.41, 5.74) is 8.48. The van der Waals surface area contributed by atoms with Crippen molar-refractivity contribution < 1.29 is 4.74 Å². The first kappa shape index (κ1) is 17.9. The van der Waals surface area contributed by atoms with E-state index in [9.17, 15) is 0 Å². The van der Waals surface area contributed by atoms with Crippen LogP contribution < -0.4 is 10.5 Å². The van der Waals surface area contributed by atoms with Crippen molar-refractivity contribution >= 4 is 12.6 Å². The minimum Gasteiger partial charge on any atom is -0.494 e. The summed E-state index contributed by atoms with van der Waals surface area (Å²) in [6.45, 7) is 0.772. The summed E-state index contributed by atoms with van der Waals surface area (Å²) in [5, 5.41) is 0. The van der Waals surface area contributed by atoms with E-state index in [4.69, 9.17) is 10.5 Å². The molecule has 0 unspecified atom stereocenters. The molecule has 124 valence electrons. The number of hydrogen-bond donors (Lipinski definition) is 2. The second kappa shape index (κ2) is 10.3. The molecule has 0 aliphatic rings. The van der Waals surface area contributed by atoms with Gasteiger partial charge in [0, 0.05) is 11.8 Å². The van der Waals surface area contributed by atoms with Gasteiger partial charge < -0.3 is 10.5 Å². The molecular weight excluding hydrogens is 302 g/mol. The average Bonchev–Trinajstić information content (AvgIpc) is 2.60. The number of hydrogen-bond acceptors (Lipinski definition) is 3. The zero-order valence-electron chi connectivity index (χ0n) is 13.7. The third-order valence-electron chi connectivity index (χ3n) is 3.90. The van der Waals surface area contributed by atoms with Crippen LogP contribution in [0.1, 0.15) is 36.8 Å². The summed E-state index contributed by atoms with van der Waals surface area (Å²) in [4.78, 5) is 0. The third-order valence-corrected chi connectivity index (χ3v) is 4.37. The van der Waals surface area contributed by atoms with E-state index < -0.39 is 0 Å². The highest BCUT2D eigenvalue weighted by atomic mass is 32.1. The van der Waals surface area contributed by atoms with Crippen molar-refractivity contribution in [1.82, 2.24) is 0 Å². The first-order valence-electron chi connectivity index (χ1n) is 8.40. The number of nitrogens with two attached hydrogens (primary N) is 1. The molecule has 2 N–H and O–H groups in total. The predicted molar refractivity (Wildman–Crippen MR) is 101 cm³/mol. The highest BCUT2D eigenvalue weighted by molar-refractivity contribution is 7.80. The molecule has 2 aromatic carbocycles. The molecule has 0 amide bonds. The van der Waals surface area contributed by atoms with E-state index in [1.165, 1.54) is 11.1 Å². The lowest BCUT2D eigenvalue weighted by molar-refractivity contribution is 0.304. The topological polar surface area (TPSA) is 35.2 Å². The number of rotatable bonds is 10. The van der Waals surface area contributed by atoms with Crippen LogP contribution in [0.15, 0.2) is 54.6 Å². The van der Waals surface area contributed by atoms with Gasteiger partial charge in [-0.2, -0.15) is 12.6 Å². The lowest BCUT2D eigenvalue weighted by Gasteiger charge is -2.09. The molecule has 0 radical (unpaired) electrons. The lowest BCUT2D eigenvalue weighted by Crippen LogP contribution is -2.21. The molecule has 23 heavy (non-hydrogen) atoms. The van der Waals surface area contributed by atoms with E-state index in [2.05, 4.69) is 61.2 Å². The van der Waals surface area contributed by atoms with Crippen molar-refractivity contribution in [3.63, 3.8) is 0 Å². The maximum atomic E-state index is 5.84. The van der Waals surface area contributed by atoms with Gasteiger partial charge >= 0.3 is 0 Å². The Morgan fingerprint density at radius 1 is 0.870 bits per heavy atom. The van der Waals surface area contributed by atoms with Crippen molar-refractivity contribution in [2.45, 2.75) is 38.1 Å². The first-order valence-corrected chi connectivity index (χ1v) is 9.03.